The van der Waals surface area contributed by atoms with Crippen LogP contribution in [0.2, 0.25) is 0 Å². The van der Waals surface area contributed by atoms with Crippen molar-refractivity contribution in [2.24, 2.45) is 5.92 Å². The van der Waals surface area contributed by atoms with Crippen molar-refractivity contribution in [3.8, 4) is 0 Å². The summed E-state index contributed by atoms with van der Waals surface area (Å²) in [5, 5.41) is 2.81. The molecule has 1 aromatic carbocycles. The summed E-state index contributed by atoms with van der Waals surface area (Å²) in [4.78, 5) is 12.1. The van der Waals surface area contributed by atoms with Gasteiger partial charge in [-0.25, -0.2) is 8.42 Å². The number of halogens is 1. The van der Waals surface area contributed by atoms with E-state index in [1.807, 2.05) is 20.8 Å². The van der Waals surface area contributed by atoms with Crippen LogP contribution < -0.4 is 9.62 Å². The maximum atomic E-state index is 12.1. The minimum absolute atomic E-state index is 0.0156. The van der Waals surface area contributed by atoms with Crippen LogP contribution in [0.1, 0.15) is 20.8 Å². The largest absolute Gasteiger partial charge is 0.352 e. The molecule has 0 saturated carbocycles. The summed E-state index contributed by atoms with van der Waals surface area (Å²) in [6, 6.07) is 6.90. The van der Waals surface area contributed by atoms with Crippen LogP contribution in [0.5, 0.6) is 0 Å². The summed E-state index contributed by atoms with van der Waals surface area (Å²) in [5.41, 5.74) is 0.451. The summed E-state index contributed by atoms with van der Waals surface area (Å²) in [6.07, 6.45) is 1.09. The average molecular weight is 377 g/mol. The molecule has 0 bridgehead atoms. The minimum atomic E-state index is -3.55. The molecule has 0 aliphatic heterocycles. The third-order valence-electron chi connectivity index (χ3n) is 3.20. The fraction of sp³-hybridized carbons (Fsp3) is 0.500. The van der Waals surface area contributed by atoms with Gasteiger partial charge in [-0.2, -0.15) is 0 Å². The number of carbonyl (C=O) groups is 1. The van der Waals surface area contributed by atoms with Gasteiger partial charge in [0.05, 0.1) is 11.9 Å². The van der Waals surface area contributed by atoms with Gasteiger partial charge in [0.25, 0.3) is 0 Å². The molecule has 1 rings (SSSR count). The van der Waals surface area contributed by atoms with Crippen LogP contribution in [-0.4, -0.2) is 33.2 Å². The minimum Gasteiger partial charge on any atom is -0.352 e. The van der Waals surface area contributed by atoms with Crippen molar-refractivity contribution in [2.45, 2.75) is 26.8 Å². The topological polar surface area (TPSA) is 66.5 Å². The summed E-state index contributed by atoms with van der Waals surface area (Å²) in [7, 11) is -3.55. The third kappa shape index (κ3) is 5.32. The quantitative estimate of drug-likeness (QED) is 0.828. The molecule has 118 valence electrons. The number of anilines is 1. The second kappa shape index (κ2) is 7.26. The van der Waals surface area contributed by atoms with Gasteiger partial charge in [0.15, 0.2) is 0 Å². The smallest absolute Gasteiger partial charge is 0.240 e. The maximum Gasteiger partial charge on any atom is 0.240 e. The number of sulfonamides is 1. The van der Waals surface area contributed by atoms with Crippen molar-refractivity contribution < 1.29 is 13.2 Å². The Morgan fingerprint density at radius 1 is 1.29 bits per heavy atom. The number of hydrogen-bond acceptors (Lipinski definition) is 3. The fourth-order valence-electron chi connectivity index (χ4n) is 1.63. The van der Waals surface area contributed by atoms with E-state index < -0.39 is 10.0 Å². The Hall–Kier alpha value is -1.08. The molecular weight excluding hydrogens is 356 g/mol. The molecule has 0 saturated heterocycles. The zero-order chi connectivity index (χ0) is 16.2. The number of hydrogen-bond donors (Lipinski definition) is 1. The molecule has 7 heteroatoms. The molecule has 1 amide bonds. The van der Waals surface area contributed by atoms with Crippen LogP contribution in [0.3, 0.4) is 0 Å². The van der Waals surface area contributed by atoms with Crippen LogP contribution in [0.25, 0.3) is 0 Å². The molecule has 21 heavy (non-hydrogen) atoms. The van der Waals surface area contributed by atoms with Crippen LogP contribution in [0, 0.1) is 5.92 Å². The van der Waals surface area contributed by atoms with Crippen molar-refractivity contribution in [3.05, 3.63) is 28.7 Å². The molecule has 1 atom stereocenters. The van der Waals surface area contributed by atoms with Gasteiger partial charge in [-0.3, -0.25) is 9.10 Å². The van der Waals surface area contributed by atoms with E-state index in [9.17, 15) is 13.2 Å². The van der Waals surface area contributed by atoms with Gasteiger partial charge in [-0.05, 0) is 40.9 Å². The summed E-state index contributed by atoms with van der Waals surface area (Å²) < 4.78 is 25.7. The highest BCUT2D eigenvalue weighted by molar-refractivity contribution is 9.10. The van der Waals surface area contributed by atoms with E-state index in [4.69, 9.17) is 0 Å². The standard InChI is InChI=1S/C14H21BrN2O3S/c1-10(2)11(3)16-14(18)9-17(21(4,19)20)13-8-6-5-7-12(13)15/h5-8,10-11H,9H2,1-4H3,(H,16,18)/t11-/m1/s1. The second-order valence-corrected chi connectivity index (χ2v) is 8.08. The van der Waals surface area contributed by atoms with E-state index in [-0.39, 0.29) is 24.4 Å². The number of nitrogens with zero attached hydrogens (tertiary/aromatic N) is 1. The lowest BCUT2D eigenvalue weighted by Gasteiger charge is -2.25. The summed E-state index contributed by atoms with van der Waals surface area (Å²) in [5.74, 6) is -0.0403. The van der Waals surface area contributed by atoms with Gasteiger partial charge < -0.3 is 5.32 Å². The molecule has 5 nitrogen and oxygen atoms in total. The van der Waals surface area contributed by atoms with Crippen LogP contribution >= 0.6 is 15.9 Å². The Bertz CT molecular complexity index is 602. The van der Waals surface area contributed by atoms with E-state index in [0.717, 1.165) is 10.6 Å². The lowest BCUT2D eigenvalue weighted by molar-refractivity contribution is -0.120. The molecule has 0 aliphatic carbocycles. The monoisotopic (exact) mass is 376 g/mol. The number of nitrogens with one attached hydrogen (secondary N) is 1. The molecule has 0 unspecified atom stereocenters. The van der Waals surface area contributed by atoms with Gasteiger partial charge in [0.1, 0.15) is 6.54 Å². The lowest BCUT2D eigenvalue weighted by atomic mass is 10.1. The predicted octanol–water partition coefficient (Wildman–Crippen LogP) is 2.38. The van der Waals surface area contributed by atoms with Crippen LogP contribution in [-0.2, 0) is 14.8 Å². The van der Waals surface area contributed by atoms with E-state index >= 15 is 0 Å². The van der Waals surface area contributed by atoms with Crippen molar-refractivity contribution in [1.82, 2.24) is 5.32 Å². The SMILES string of the molecule is CC(C)[C@@H](C)NC(=O)CN(c1ccccc1Br)S(C)(=O)=O. The van der Waals surface area contributed by atoms with E-state index in [1.54, 1.807) is 24.3 Å². The molecule has 0 heterocycles. The number of carbonyl (C=O) groups excluding carboxylic acids is 1. The Labute approximate surface area is 134 Å². The van der Waals surface area contributed by atoms with Crippen molar-refractivity contribution in [2.75, 3.05) is 17.1 Å². The lowest BCUT2D eigenvalue weighted by Crippen LogP contribution is -2.44. The Balaban J connectivity index is 2.97. The number of benzene rings is 1. The van der Waals surface area contributed by atoms with E-state index in [2.05, 4.69) is 21.2 Å². The predicted molar refractivity (Wildman–Crippen MR) is 88.8 cm³/mol. The molecule has 0 aliphatic rings. The Morgan fingerprint density at radius 3 is 2.33 bits per heavy atom. The molecule has 0 radical (unpaired) electrons. The van der Waals surface area contributed by atoms with Crippen LogP contribution in [0.4, 0.5) is 5.69 Å². The van der Waals surface area contributed by atoms with E-state index in [0.29, 0.717) is 10.2 Å². The highest BCUT2D eigenvalue weighted by Crippen LogP contribution is 2.27. The maximum absolute atomic E-state index is 12.1. The van der Waals surface area contributed by atoms with Crippen molar-refractivity contribution >= 4 is 37.5 Å². The van der Waals surface area contributed by atoms with Crippen molar-refractivity contribution in [3.63, 3.8) is 0 Å². The normalized spacial score (nSPS) is 13.0. The average Bonchev–Trinajstić information content (AvgIpc) is 2.35. The first kappa shape index (κ1) is 18.0. The first-order valence-electron chi connectivity index (χ1n) is 6.64. The summed E-state index contributed by atoms with van der Waals surface area (Å²) in [6.45, 7) is 5.64. The number of rotatable bonds is 6. The molecule has 0 aromatic heterocycles. The van der Waals surface area contributed by atoms with Gasteiger partial charge in [-0.15, -0.1) is 0 Å². The molecular formula is C14H21BrN2O3S. The zero-order valence-electron chi connectivity index (χ0n) is 12.6. The third-order valence-corrected chi connectivity index (χ3v) is 4.99. The Kier molecular flexibility index (Phi) is 6.22. The first-order valence-corrected chi connectivity index (χ1v) is 9.28. The van der Waals surface area contributed by atoms with Gasteiger partial charge >= 0.3 is 0 Å². The Morgan fingerprint density at radius 2 is 1.86 bits per heavy atom. The first-order chi connectivity index (χ1) is 9.62. The molecule has 1 N–H and O–H groups in total. The van der Waals surface area contributed by atoms with Gasteiger partial charge in [0, 0.05) is 10.5 Å². The molecule has 0 fully saturated rings. The van der Waals surface area contributed by atoms with E-state index in [1.165, 1.54) is 0 Å². The zero-order valence-corrected chi connectivity index (χ0v) is 15.0. The highest BCUT2D eigenvalue weighted by Gasteiger charge is 2.23. The van der Waals surface area contributed by atoms with Crippen molar-refractivity contribution in [1.29, 1.82) is 0 Å². The fourth-order valence-corrected chi connectivity index (χ4v) is 3.12. The summed E-state index contributed by atoms with van der Waals surface area (Å²) >= 11 is 3.32. The number of para-hydroxylation sites is 1. The molecule has 0 spiro atoms. The van der Waals surface area contributed by atoms with Crippen LogP contribution in [0.15, 0.2) is 28.7 Å². The molecule has 1 aromatic rings. The van der Waals surface area contributed by atoms with Gasteiger partial charge in [-0.1, -0.05) is 26.0 Å². The second-order valence-electron chi connectivity index (χ2n) is 5.32. The number of amides is 1. The highest BCUT2D eigenvalue weighted by atomic mass is 79.9. The van der Waals surface area contributed by atoms with Gasteiger partial charge in [0.2, 0.25) is 15.9 Å².